The normalized spacial score (nSPS) is 15.0. The van der Waals surface area contributed by atoms with E-state index in [4.69, 9.17) is 6.58 Å². The highest BCUT2D eigenvalue weighted by atomic mass is 15.2. The van der Waals surface area contributed by atoms with E-state index in [9.17, 15) is 0 Å². The summed E-state index contributed by atoms with van der Waals surface area (Å²) in [4.78, 5) is 2.42. The van der Waals surface area contributed by atoms with Gasteiger partial charge in [0.25, 0.3) is 0 Å². The third-order valence-corrected chi connectivity index (χ3v) is 9.11. The SMILES string of the molecule is C=C(C1=C(/C=C\C)c2ccccc2C12c1ccccc1N(c1ccccc1)c1ccccc12)c1ccc(C(C)(C)C)cc1. The Morgan fingerprint density at radius 2 is 1.19 bits per heavy atom. The fourth-order valence-corrected chi connectivity index (χ4v) is 7.22. The zero-order valence-corrected chi connectivity index (χ0v) is 25.4. The predicted octanol–water partition coefficient (Wildman–Crippen LogP) is 11.2. The first-order valence-corrected chi connectivity index (χ1v) is 15.2. The zero-order chi connectivity index (χ0) is 29.8. The molecule has 0 radical (unpaired) electrons. The van der Waals surface area contributed by atoms with Crippen LogP contribution in [0, 0.1) is 0 Å². The van der Waals surface area contributed by atoms with Crippen LogP contribution >= 0.6 is 0 Å². The highest BCUT2D eigenvalue weighted by Gasteiger charge is 2.53. The smallest absolute Gasteiger partial charge is 0.0760 e. The van der Waals surface area contributed by atoms with Crippen LogP contribution in [-0.4, -0.2) is 0 Å². The van der Waals surface area contributed by atoms with Crippen LogP contribution in [0.25, 0.3) is 11.1 Å². The minimum atomic E-state index is -0.538. The second kappa shape index (κ2) is 10.1. The number of para-hydroxylation sites is 3. The number of allylic oxidation sites excluding steroid dienone is 5. The van der Waals surface area contributed by atoms with Gasteiger partial charge in [0.2, 0.25) is 0 Å². The lowest BCUT2D eigenvalue weighted by Crippen LogP contribution is -2.37. The van der Waals surface area contributed by atoms with E-state index >= 15 is 0 Å². The van der Waals surface area contributed by atoms with Crippen LogP contribution in [-0.2, 0) is 10.8 Å². The summed E-state index contributed by atoms with van der Waals surface area (Å²) in [6, 6.07) is 46.6. The van der Waals surface area contributed by atoms with Crippen molar-refractivity contribution in [1.29, 1.82) is 0 Å². The monoisotopic (exact) mass is 555 g/mol. The molecule has 210 valence electrons. The van der Waals surface area contributed by atoms with Crippen molar-refractivity contribution in [2.24, 2.45) is 0 Å². The molecule has 1 aliphatic carbocycles. The molecule has 0 atom stereocenters. The summed E-state index contributed by atoms with van der Waals surface area (Å²) in [6.45, 7) is 13.8. The van der Waals surface area contributed by atoms with Gasteiger partial charge in [-0.1, -0.05) is 143 Å². The predicted molar refractivity (Wildman–Crippen MR) is 183 cm³/mol. The molecule has 5 aromatic rings. The number of fused-ring (bicyclic) bond motifs is 6. The number of anilines is 3. The van der Waals surface area contributed by atoms with Crippen molar-refractivity contribution in [1.82, 2.24) is 0 Å². The van der Waals surface area contributed by atoms with Gasteiger partial charge in [0.1, 0.15) is 0 Å². The van der Waals surface area contributed by atoms with Crippen molar-refractivity contribution in [3.63, 3.8) is 0 Å². The summed E-state index contributed by atoms with van der Waals surface area (Å²) in [5.41, 5.74) is 14.2. The first-order valence-electron chi connectivity index (χ1n) is 15.2. The molecule has 0 fully saturated rings. The summed E-state index contributed by atoms with van der Waals surface area (Å²) in [5, 5.41) is 0. The molecular weight excluding hydrogens is 518 g/mol. The van der Waals surface area contributed by atoms with E-state index in [0.717, 1.165) is 16.8 Å². The van der Waals surface area contributed by atoms with Gasteiger partial charge in [-0.3, -0.25) is 0 Å². The third kappa shape index (κ3) is 3.99. The number of rotatable bonds is 4. The van der Waals surface area contributed by atoms with Gasteiger partial charge in [-0.05, 0) is 86.7 Å². The summed E-state index contributed by atoms with van der Waals surface area (Å²) in [6.07, 6.45) is 4.45. The van der Waals surface area contributed by atoms with E-state index in [-0.39, 0.29) is 5.41 Å². The second-order valence-electron chi connectivity index (χ2n) is 12.6. The van der Waals surface area contributed by atoms with E-state index in [2.05, 4.69) is 172 Å². The van der Waals surface area contributed by atoms with Crippen molar-refractivity contribution < 1.29 is 0 Å². The Bertz CT molecular complexity index is 1860. The van der Waals surface area contributed by atoms with Crippen molar-refractivity contribution in [2.75, 3.05) is 4.90 Å². The van der Waals surface area contributed by atoms with Gasteiger partial charge in [-0.15, -0.1) is 0 Å². The molecule has 5 aromatic carbocycles. The van der Waals surface area contributed by atoms with E-state index in [1.807, 2.05) is 0 Å². The van der Waals surface area contributed by atoms with Crippen molar-refractivity contribution in [2.45, 2.75) is 38.5 Å². The standard InChI is InChI=1S/C42H37N/c1-6-16-34-33-19-10-11-20-35(33)42(40(34)29(2)30-25-27-31(28-26-30)41(3,4)5)36-21-12-14-23-38(36)43(32-17-8-7-9-18-32)39-24-15-13-22-37(39)42/h6-28H,2H2,1,3-5H3/b16-6-. The Kier molecular flexibility index (Phi) is 6.36. The molecule has 7 rings (SSSR count). The van der Waals surface area contributed by atoms with Gasteiger partial charge in [-0.25, -0.2) is 0 Å². The van der Waals surface area contributed by atoms with Crippen LogP contribution < -0.4 is 4.90 Å². The minimum absolute atomic E-state index is 0.0855. The summed E-state index contributed by atoms with van der Waals surface area (Å²) >= 11 is 0. The lowest BCUT2D eigenvalue weighted by Gasteiger charge is -2.46. The molecule has 0 unspecified atom stereocenters. The van der Waals surface area contributed by atoms with Crippen molar-refractivity contribution in [3.05, 3.63) is 185 Å². The van der Waals surface area contributed by atoms with Crippen LogP contribution in [0.2, 0.25) is 0 Å². The zero-order valence-electron chi connectivity index (χ0n) is 25.4. The quantitative estimate of drug-likeness (QED) is 0.213. The minimum Gasteiger partial charge on any atom is -0.310 e. The Balaban J connectivity index is 1.58. The molecule has 0 saturated carbocycles. The molecule has 1 heterocycles. The Morgan fingerprint density at radius 3 is 1.77 bits per heavy atom. The van der Waals surface area contributed by atoms with Crippen molar-refractivity contribution >= 4 is 28.2 Å². The molecule has 0 saturated heterocycles. The van der Waals surface area contributed by atoms with Gasteiger partial charge >= 0.3 is 0 Å². The highest BCUT2D eigenvalue weighted by Crippen LogP contribution is 2.64. The summed E-state index contributed by atoms with van der Waals surface area (Å²) < 4.78 is 0. The second-order valence-corrected chi connectivity index (χ2v) is 12.6. The maximum atomic E-state index is 4.88. The highest BCUT2D eigenvalue weighted by molar-refractivity contribution is 6.05. The van der Waals surface area contributed by atoms with Crippen LogP contribution in [0.15, 0.2) is 152 Å². The summed E-state index contributed by atoms with van der Waals surface area (Å²) in [5.74, 6) is 0. The van der Waals surface area contributed by atoms with Gasteiger partial charge in [0.05, 0.1) is 16.8 Å². The lowest BCUT2D eigenvalue weighted by molar-refractivity contribution is 0.590. The maximum absolute atomic E-state index is 4.88. The van der Waals surface area contributed by atoms with Crippen LogP contribution in [0.5, 0.6) is 0 Å². The molecule has 1 heteroatoms. The molecular formula is C42H37N. The van der Waals surface area contributed by atoms with Gasteiger partial charge < -0.3 is 4.90 Å². The number of nitrogens with zero attached hydrogens (tertiary/aromatic N) is 1. The first-order chi connectivity index (χ1) is 20.9. The number of benzene rings is 5. The Labute approximate surface area is 256 Å². The van der Waals surface area contributed by atoms with Crippen molar-refractivity contribution in [3.8, 4) is 0 Å². The first kappa shape index (κ1) is 27.0. The molecule has 2 aliphatic rings. The van der Waals surface area contributed by atoms with Crippen LogP contribution in [0.3, 0.4) is 0 Å². The van der Waals surface area contributed by atoms with Gasteiger partial charge in [0, 0.05) is 5.69 Å². The fourth-order valence-electron chi connectivity index (χ4n) is 7.22. The lowest BCUT2D eigenvalue weighted by atomic mass is 9.62. The molecule has 1 nitrogen and oxygen atoms in total. The molecule has 1 spiro atoms. The molecule has 0 bridgehead atoms. The Hall–Kier alpha value is -4.88. The number of hydrogen-bond donors (Lipinski definition) is 0. The van der Waals surface area contributed by atoms with E-state index in [1.54, 1.807) is 0 Å². The third-order valence-electron chi connectivity index (χ3n) is 9.11. The molecule has 43 heavy (non-hydrogen) atoms. The largest absolute Gasteiger partial charge is 0.310 e. The van der Waals surface area contributed by atoms with E-state index in [0.29, 0.717) is 0 Å². The molecule has 0 N–H and O–H groups in total. The molecule has 1 aliphatic heterocycles. The molecule has 0 aromatic heterocycles. The topological polar surface area (TPSA) is 3.24 Å². The maximum Gasteiger partial charge on any atom is 0.0760 e. The Morgan fingerprint density at radius 1 is 0.651 bits per heavy atom. The van der Waals surface area contributed by atoms with E-state index in [1.165, 1.54) is 50.3 Å². The number of hydrogen-bond acceptors (Lipinski definition) is 1. The molecule has 0 amide bonds. The average Bonchev–Trinajstić information content (AvgIpc) is 3.32. The van der Waals surface area contributed by atoms with E-state index < -0.39 is 5.41 Å². The van der Waals surface area contributed by atoms with Gasteiger partial charge in [-0.2, -0.15) is 0 Å². The van der Waals surface area contributed by atoms with Gasteiger partial charge in [0.15, 0.2) is 0 Å². The summed E-state index contributed by atoms with van der Waals surface area (Å²) in [7, 11) is 0. The fraction of sp³-hybridized carbons (Fsp3) is 0.143. The van der Waals surface area contributed by atoms with Crippen LogP contribution in [0.4, 0.5) is 17.1 Å². The average molecular weight is 556 g/mol. The van der Waals surface area contributed by atoms with Crippen LogP contribution in [0.1, 0.15) is 61.1 Å².